The van der Waals surface area contributed by atoms with E-state index in [-0.39, 0.29) is 0 Å². The molecule has 0 saturated heterocycles. The van der Waals surface area contributed by atoms with Crippen molar-refractivity contribution in [2.24, 2.45) is 0 Å². The largest absolute Gasteiger partial charge is 0.455 e. The highest BCUT2D eigenvalue weighted by Gasteiger charge is 2.18. The number of fused-ring (bicyclic) bond motifs is 8. The maximum absolute atomic E-state index is 6.60. The van der Waals surface area contributed by atoms with E-state index in [4.69, 9.17) is 19.4 Å². The third-order valence-corrected chi connectivity index (χ3v) is 11.5. The molecule has 252 valence electrons. The molecule has 0 aliphatic rings. The zero-order valence-electron chi connectivity index (χ0n) is 28.9. The molecule has 0 bridgehead atoms. The summed E-state index contributed by atoms with van der Waals surface area (Å²) in [5.74, 6) is 1.87. The second-order valence-corrected chi connectivity index (χ2v) is 14.7. The molecule has 0 radical (unpaired) electrons. The summed E-state index contributed by atoms with van der Waals surface area (Å²) in [6.45, 7) is 0. The Balaban J connectivity index is 1.10. The van der Waals surface area contributed by atoms with E-state index in [0.29, 0.717) is 17.5 Å². The molecule has 0 aliphatic carbocycles. The fourth-order valence-corrected chi connectivity index (χ4v) is 8.81. The summed E-state index contributed by atoms with van der Waals surface area (Å²) >= 11 is 1.79. The van der Waals surface area contributed by atoms with E-state index >= 15 is 0 Å². The predicted molar refractivity (Wildman–Crippen MR) is 225 cm³/mol. The van der Waals surface area contributed by atoms with Crippen molar-refractivity contribution in [2.45, 2.75) is 0 Å². The zero-order valence-corrected chi connectivity index (χ0v) is 29.7. The van der Waals surface area contributed by atoms with E-state index < -0.39 is 0 Å². The van der Waals surface area contributed by atoms with Gasteiger partial charge in [-0.3, -0.25) is 0 Å². The molecule has 8 aromatic carbocycles. The number of hydrogen-bond donors (Lipinski definition) is 0. The maximum atomic E-state index is 6.60. The average Bonchev–Trinajstić information content (AvgIpc) is 3.82. The van der Waals surface area contributed by atoms with Crippen molar-refractivity contribution >= 4 is 64.2 Å². The van der Waals surface area contributed by atoms with Crippen LogP contribution >= 0.6 is 11.3 Å². The Morgan fingerprint density at radius 3 is 1.63 bits per heavy atom. The Labute approximate surface area is 314 Å². The van der Waals surface area contributed by atoms with Crippen molar-refractivity contribution in [2.75, 3.05) is 0 Å². The molecule has 0 unspecified atom stereocenters. The number of hydrogen-bond acceptors (Lipinski definition) is 5. The van der Waals surface area contributed by atoms with Gasteiger partial charge in [0, 0.05) is 53.0 Å². The van der Waals surface area contributed by atoms with Crippen molar-refractivity contribution in [3.8, 4) is 56.4 Å². The first-order valence-electron chi connectivity index (χ1n) is 18.0. The summed E-state index contributed by atoms with van der Waals surface area (Å²) in [5.41, 5.74) is 9.13. The van der Waals surface area contributed by atoms with Gasteiger partial charge in [-0.25, -0.2) is 15.0 Å². The Hall–Kier alpha value is -6.95. The van der Waals surface area contributed by atoms with Gasteiger partial charge in [0.05, 0.1) is 0 Å². The lowest BCUT2D eigenvalue weighted by atomic mass is 9.95. The molecule has 0 atom stereocenters. The van der Waals surface area contributed by atoms with E-state index in [2.05, 4.69) is 164 Å². The molecule has 0 saturated carbocycles. The number of thiophene rings is 1. The van der Waals surface area contributed by atoms with Gasteiger partial charge < -0.3 is 4.42 Å². The van der Waals surface area contributed by atoms with Crippen LogP contribution in [-0.4, -0.2) is 15.0 Å². The van der Waals surface area contributed by atoms with Gasteiger partial charge >= 0.3 is 0 Å². The van der Waals surface area contributed by atoms with Crippen LogP contribution in [0, 0.1) is 0 Å². The van der Waals surface area contributed by atoms with Crippen LogP contribution in [0.15, 0.2) is 180 Å². The highest BCUT2D eigenvalue weighted by Crippen LogP contribution is 2.41. The Kier molecular flexibility index (Phi) is 7.00. The molecular weight excluding hydrogens is 679 g/mol. The van der Waals surface area contributed by atoms with Crippen LogP contribution in [0.2, 0.25) is 0 Å². The van der Waals surface area contributed by atoms with Gasteiger partial charge in [-0.05, 0) is 64.0 Å². The summed E-state index contributed by atoms with van der Waals surface area (Å²) in [5, 5.41) is 6.84. The van der Waals surface area contributed by atoms with Crippen molar-refractivity contribution in [3.63, 3.8) is 0 Å². The minimum Gasteiger partial charge on any atom is -0.455 e. The minimum atomic E-state index is 0.610. The van der Waals surface area contributed by atoms with E-state index in [1.165, 1.54) is 36.9 Å². The zero-order chi connectivity index (χ0) is 35.6. The topological polar surface area (TPSA) is 51.8 Å². The van der Waals surface area contributed by atoms with E-state index in [9.17, 15) is 0 Å². The average molecular weight is 708 g/mol. The summed E-state index contributed by atoms with van der Waals surface area (Å²) in [7, 11) is 0. The standard InChI is InChI=1S/C49H29N3OS/c1-3-11-30(12-4-1)31-19-21-33(22-20-31)47-50-48(52-49(51-47)35-23-25-38-37-16-9-10-18-44(37)54-45(38)28-35)34-24-26-43-41(27-34)42-29-40(32-13-5-2-6-14-32)36-15-7-8-17-39(36)46(42)53-43/h1-29H. The molecule has 11 rings (SSSR count). The lowest BCUT2D eigenvalue weighted by Crippen LogP contribution is -2.00. The van der Waals surface area contributed by atoms with Crippen molar-refractivity contribution in [1.29, 1.82) is 0 Å². The van der Waals surface area contributed by atoms with Crippen LogP contribution in [0.1, 0.15) is 0 Å². The van der Waals surface area contributed by atoms with Gasteiger partial charge in [0.15, 0.2) is 17.5 Å². The quantitative estimate of drug-likeness (QED) is 0.179. The van der Waals surface area contributed by atoms with Crippen LogP contribution in [0.3, 0.4) is 0 Å². The first-order chi connectivity index (χ1) is 26.7. The SMILES string of the molecule is c1ccc(-c2ccc(-c3nc(-c4ccc5c(c4)sc4ccccc45)nc(-c4ccc5oc6c7ccccc7c(-c7ccccc7)cc6c5c4)n3)cc2)cc1. The molecule has 5 heteroatoms. The highest BCUT2D eigenvalue weighted by atomic mass is 32.1. The summed E-state index contributed by atoms with van der Waals surface area (Å²) < 4.78 is 9.07. The molecule has 0 amide bonds. The lowest BCUT2D eigenvalue weighted by molar-refractivity contribution is 0.672. The van der Waals surface area contributed by atoms with Gasteiger partial charge in [-0.15, -0.1) is 11.3 Å². The number of rotatable bonds is 5. The minimum absolute atomic E-state index is 0.610. The normalized spacial score (nSPS) is 11.7. The number of benzene rings is 8. The molecule has 3 aromatic heterocycles. The van der Waals surface area contributed by atoms with Crippen LogP contribution < -0.4 is 0 Å². The van der Waals surface area contributed by atoms with E-state index in [1.54, 1.807) is 11.3 Å². The summed E-state index contributed by atoms with van der Waals surface area (Å²) in [4.78, 5) is 15.4. The molecular formula is C49H29N3OS. The third-order valence-electron chi connectivity index (χ3n) is 10.3. The highest BCUT2D eigenvalue weighted by molar-refractivity contribution is 7.25. The van der Waals surface area contributed by atoms with Crippen LogP contribution in [-0.2, 0) is 0 Å². The van der Waals surface area contributed by atoms with Crippen molar-refractivity contribution < 1.29 is 4.42 Å². The second-order valence-electron chi connectivity index (χ2n) is 13.6. The van der Waals surface area contributed by atoms with Gasteiger partial charge in [0.1, 0.15) is 11.2 Å². The fraction of sp³-hybridized carbons (Fsp3) is 0. The van der Waals surface area contributed by atoms with Crippen LogP contribution in [0.5, 0.6) is 0 Å². The first kappa shape index (κ1) is 30.7. The van der Waals surface area contributed by atoms with Gasteiger partial charge in [-0.1, -0.05) is 140 Å². The van der Waals surface area contributed by atoms with E-state index in [0.717, 1.165) is 55.0 Å². The second kappa shape index (κ2) is 12.3. The summed E-state index contributed by atoms with van der Waals surface area (Å²) in [6, 6.07) is 61.6. The molecule has 0 fully saturated rings. The predicted octanol–water partition coefficient (Wildman–Crippen LogP) is 13.6. The monoisotopic (exact) mass is 707 g/mol. The molecule has 4 nitrogen and oxygen atoms in total. The molecule has 3 heterocycles. The van der Waals surface area contributed by atoms with Crippen molar-refractivity contribution in [1.82, 2.24) is 15.0 Å². The third kappa shape index (κ3) is 5.09. The molecule has 11 aromatic rings. The van der Waals surface area contributed by atoms with Gasteiger partial charge in [-0.2, -0.15) is 0 Å². The van der Waals surface area contributed by atoms with Crippen LogP contribution in [0.4, 0.5) is 0 Å². The Bertz CT molecular complexity index is 3200. The molecule has 0 aliphatic heterocycles. The molecule has 54 heavy (non-hydrogen) atoms. The number of furan rings is 1. The number of aromatic nitrogens is 3. The molecule has 0 N–H and O–H groups in total. The fourth-order valence-electron chi connectivity index (χ4n) is 7.66. The Morgan fingerprint density at radius 2 is 0.870 bits per heavy atom. The summed E-state index contributed by atoms with van der Waals surface area (Å²) in [6.07, 6.45) is 0. The van der Waals surface area contributed by atoms with Crippen LogP contribution in [0.25, 0.3) is 109 Å². The van der Waals surface area contributed by atoms with Gasteiger partial charge in [0.25, 0.3) is 0 Å². The Morgan fingerprint density at radius 1 is 0.333 bits per heavy atom. The smallest absolute Gasteiger partial charge is 0.164 e. The van der Waals surface area contributed by atoms with Gasteiger partial charge in [0.2, 0.25) is 0 Å². The maximum Gasteiger partial charge on any atom is 0.164 e. The molecule has 0 spiro atoms. The van der Waals surface area contributed by atoms with Crippen molar-refractivity contribution in [3.05, 3.63) is 176 Å². The lowest BCUT2D eigenvalue weighted by Gasteiger charge is -2.10. The number of nitrogens with zero attached hydrogens (tertiary/aromatic N) is 3. The first-order valence-corrected chi connectivity index (χ1v) is 18.8. The van der Waals surface area contributed by atoms with E-state index in [1.807, 2.05) is 12.1 Å².